The van der Waals surface area contributed by atoms with Gasteiger partial charge in [-0.1, -0.05) is 47.1 Å². The molecule has 5 nitrogen and oxygen atoms in total. The smallest absolute Gasteiger partial charge is 0.229 e. The van der Waals surface area contributed by atoms with Crippen LogP contribution in [0.2, 0.25) is 5.02 Å². The molecule has 0 bridgehead atoms. The minimum atomic E-state index is -1.22. The first-order chi connectivity index (χ1) is 11.6. The van der Waals surface area contributed by atoms with Crippen molar-refractivity contribution in [3.05, 3.63) is 65.6 Å². The van der Waals surface area contributed by atoms with Gasteiger partial charge in [0.25, 0.3) is 0 Å². The number of anilines is 1. The molecule has 0 aliphatic rings. The summed E-state index contributed by atoms with van der Waals surface area (Å²) in [6.45, 7) is 2.20. The molecule has 1 aromatic heterocycles. The van der Waals surface area contributed by atoms with E-state index < -0.39 is 12.2 Å². The molecular formula is C17H16ClFN4O. The van der Waals surface area contributed by atoms with E-state index in [1.165, 1.54) is 21.8 Å². The number of para-hydroxylation sites is 1. The Morgan fingerprint density at radius 3 is 2.62 bits per heavy atom. The van der Waals surface area contributed by atoms with Crippen molar-refractivity contribution in [2.24, 2.45) is 0 Å². The van der Waals surface area contributed by atoms with E-state index in [1.807, 2.05) is 25.1 Å². The van der Waals surface area contributed by atoms with Gasteiger partial charge in [0.05, 0.1) is 22.6 Å². The highest BCUT2D eigenvalue weighted by atomic mass is 35.5. The summed E-state index contributed by atoms with van der Waals surface area (Å²) < 4.78 is 15.4. The average Bonchev–Trinajstić information content (AvgIpc) is 3.07. The van der Waals surface area contributed by atoms with Crippen LogP contribution in [0, 0.1) is 5.82 Å². The third-order valence-corrected chi connectivity index (χ3v) is 4.05. The largest absolute Gasteiger partial charge is 0.355 e. The summed E-state index contributed by atoms with van der Waals surface area (Å²) >= 11 is 6.22. The lowest BCUT2D eigenvalue weighted by Crippen LogP contribution is -2.34. The highest BCUT2D eigenvalue weighted by Crippen LogP contribution is 2.30. The summed E-state index contributed by atoms with van der Waals surface area (Å²) in [4.78, 5) is 1.49. The molecular weight excluding hydrogens is 331 g/mol. The number of rotatable bonds is 5. The van der Waals surface area contributed by atoms with Gasteiger partial charge in [0.2, 0.25) is 6.35 Å². The van der Waals surface area contributed by atoms with Crippen LogP contribution in [0.4, 0.5) is 10.1 Å². The minimum Gasteiger partial charge on any atom is -0.355 e. The molecule has 1 atom stereocenters. The van der Waals surface area contributed by atoms with Crippen LogP contribution in [-0.2, 0) is 0 Å². The second-order valence-corrected chi connectivity index (χ2v) is 5.53. The van der Waals surface area contributed by atoms with Crippen LogP contribution in [0.5, 0.6) is 0 Å². The summed E-state index contributed by atoms with van der Waals surface area (Å²) in [5.74, 6) is -0.419. The van der Waals surface area contributed by atoms with Crippen molar-refractivity contribution in [3.8, 4) is 11.3 Å². The molecule has 1 N–H and O–H groups in total. The van der Waals surface area contributed by atoms with Crippen molar-refractivity contribution < 1.29 is 9.50 Å². The summed E-state index contributed by atoms with van der Waals surface area (Å²) in [6.07, 6.45) is 0.292. The molecule has 0 fully saturated rings. The van der Waals surface area contributed by atoms with Crippen LogP contribution >= 0.6 is 11.6 Å². The summed E-state index contributed by atoms with van der Waals surface area (Å²) in [5.41, 5.74) is 1.52. The topological polar surface area (TPSA) is 54.2 Å². The van der Waals surface area contributed by atoms with Gasteiger partial charge in [0.15, 0.2) is 0 Å². The molecule has 24 heavy (non-hydrogen) atoms. The van der Waals surface area contributed by atoms with E-state index in [-0.39, 0.29) is 5.69 Å². The van der Waals surface area contributed by atoms with E-state index in [4.69, 9.17) is 11.6 Å². The van der Waals surface area contributed by atoms with Crippen LogP contribution in [0.1, 0.15) is 13.3 Å². The Balaban J connectivity index is 2.02. The van der Waals surface area contributed by atoms with Crippen molar-refractivity contribution in [2.45, 2.75) is 13.3 Å². The Bertz CT molecular complexity index is 839. The van der Waals surface area contributed by atoms with Crippen LogP contribution < -0.4 is 4.90 Å². The molecule has 0 aliphatic carbocycles. The van der Waals surface area contributed by atoms with Crippen LogP contribution in [0.3, 0.4) is 0 Å². The SMILES string of the molecule is CCN(c1ccccc1F)C(O)n1nncc1-c1ccccc1Cl. The molecule has 2 aromatic carbocycles. The number of nitrogens with zero attached hydrogens (tertiary/aromatic N) is 4. The first-order valence-electron chi connectivity index (χ1n) is 7.47. The predicted octanol–water partition coefficient (Wildman–Crippen LogP) is 3.71. The summed E-state index contributed by atoms with van der Waals surface area (Å²) in [7, 11) is 0. The van der Waals surface area contributed by atoms with Crippen molar-refractivity contribution in [1.82, 2.24) is 15.0 Å². The Morgan fingerprint density at radius 2 is 1.92 bits per heavy atom. The van der Waals surface area contributed by atoms with Gasteiger partial charge in [0, 0.05) is 12.1 Å². The van der Waals surface area contributed by atoms with Gasteiger partial charge in [-0.15, -0.1) is 5.10 Å². The molecule has 3 rings (SSSR count). The Labute approximate surface area is 143 Å². The number of benzene rings is 2. The molecule has 0 saturated heterocycles. The van der Waals surface area contributed by atoms with Crippen molar-refractivity contribution >= 4 is 17.3 Å². The number of aliphatic hydroxyl groups excluding tert-OH is 1. The quantitative estimate of drug-likeness (QED) is 0.715. The van der Waals surface area contributed by atoms with E-state index in [0.717, 1.165) is 0 Å². The zero-order valence-corrected chi connectivity index (χ0v) is 13.7. The number of hydrogen-bond acceptors (Lipinski definition) is 4. The predicted molar refractivity (Wildman–Crippen MR) is 91.1 cm³/mol. The number of aromatic nitrogens is 3. The van der Waals surface area contributed by atoms with Crippen molar-refractivity contribution in [3.63, 3.8) is 0 Å². The molecule has 1 heterocycles. The van der Waals surface area contributed by atoms with Crippen molar-refractivity contribution in [1.29, 1.82) is 0 Å². The second kappa shape index (κ2) is 6.98. The molecule has 7 heteroatoms. The maximum Gasteiger partial charge on any atom is 0.229 e. The molecule has 0 aliphatic heterocycles. The first kappa shape index (κ1) is 16.4. The highest BCUT2D eigenvalue weighted by Gasteiger charge is 2.23. The van der Waals surface area contributed by atoms with Gasteiger partial charge in [-0.2, -0.15) is 4.68 Å². The van der Waals surface area contributed by atoms with Gasteiger partial charge in [-0.05, 0) is 25.1 Å². The second-order valence-electron chi connectivity index (χ2n) is 5.13. The fourth-order valence-corrected chi connectivity index (χ4v) is 2.78. The number of hydrogen-bond donors (Lipinski definition) is 1. The molecule has 3 aromatic rings. The first-order valence-corrected chi connectivity index (χ1v) is 7.85. The lowest BCUT2D eigenvalue weighted by molar-refractivity contribution is 0.0861. The Kier molecular flexibility index (Phi) is 4.78. The molecule has 124 valence electrons. The van der Waals surface area contributed by atoms with E-state index >= 15 is 0 Å². The molecule has 0 amide bonds. The van der Waals surface area contributed by atoms with E-state index in [9.17, 15) is 9.50 Å². The maximum absolute atomic E-state index is 14.1. The van der Waals surface area contributed by atoms with Gasteiger partial charge >= 0.3 is 0 Å². The third-order valence-electron chi connectivity index (χ3n) is 3.72. The van der Waals surface area contributed by atoms with Gasteiger partial charge in [-0.25, -0.2) is 4.39 Å². The van der Waals surface area contributed by atoms with Crippen molar-refractivity contribution in [2.75, 3.05) is 11.4 Å². The van der Waals surface area contributed by atoms with E-state index in [1.54, 1.807) is 24.3 Å². The fourth-order valence-electron chi connectivity index (χ4n) is 2.55. The standard InChI is InChI=1S/C17H16ClFN4O/c1-2-22(15-10-6-5-9-14(15)19)17(24)23-16(11-20-21-23)12-7-3-4-8-13(12)18/h3-11,17,24H,2H2,1H3. The third kappa shape index (κ3) is 2.98. The Hall–Kier alpha value is -2.44. The summed E-state index contributed by atoms with van der Waals surface area (Å²) in [5, 5.41) is 19.1. The van der Waals surface area contributed by atoms with Gasteiger partial charge in [0.1, 0.15) is 5.82 Å². The number of halogens is 2. The Morgan fingerprint density at radius 1 is 1.21 bits per heavy atom. The van der Waals surface area contributed by atoms with Crippen LogP contribution in [-0.4, -0.2) is 26.6 Å². The van der Waals surface area contributed by atoms with Crippen LogP contribution in [0.25, 0.3) is 11.3 Å². The fraction of sp³-hybridized carbons (Fsp3) is 0.176. The lowest BCUT2D eigenvalue weighted by Gasteiger charge is -2.29. The maximum atomic E-state index is 14.1. The van der Waals surface area contributed by atoms with E-state index in [2.05, 4.69) is 10.3 Å². The zero-order valence-electron chi connectivity index (χ0n) is 13.0. The molecule has 0 saturated carbocycles. The summed E-state index contributed by atoms with van der Waals surface area (Å²) in [6, 6.07) is 13.5. The van der Waals surface area contributed by atoms with Gasteiger partial charge in [-0.3, -0.25) is 0 Å². The monoisotopic (exact) mass is 346 g/mol. The normalized spacial score (nSPS) is 12.2. The zero-order chi connectivity index (χ0) is 17.1. The molecule has 0 radical (unpaired) electrons. The minimum absolute atomic E-state index is 0.285. The van der Waals surface area contributed by atoms with Gasteiger partial charge < -0.3 is 10.0 Å². The molecule has 1 unspecified atom stereocenters. The average molecular weight is 347 g/mol. The van der Waals surface area contributed by atoms with Crippen LogP contribution in [0.15, 0.2) is 54.7 Å². The number of aliphatic hydroxyl groups is 1. The molecule has 0 spiro atoms. The van der Waals surface area contributed by atoms with E-state index in [0.29, 0.717) is 22.8 Å². The highest BCUT2D eigenvalue weighted by molar-refractivity contribution is 6.33. The lowest BCUT2D eigenvalue weighted by atomic mass is 10.1.